The van der Waals surface area contributed by atoms with Gasteiger partial charge >= 0.3 is 0 Å². The largest absolute Gasteiger partial charge is 0.289 e. The summed E-state index contributed by atoms with van der Waals surface area (Å²) in [5.41, 5.74) is 1.45. The van der Waals surface area contributed by atoms with Crippen molar-refractivity contribution in [1.29, 1.82) is 0 Å². The quantitative estimate of drug-likeness (QED) is 0.539. The molecule has 0 saturated carbocycles. The van der Waals surface area contributed by atoms with Crippen LogP contribution in [0.25, 0.3) is 20.2 Å². The molecule has 0 amide bonds. The topological polar surface area (TPSA) is 23.6 Å². The van der Waals surface area contributed by atoms with E-state index >= 15 is 0 Å². The number of hydrogen-bond acceptors (Lipinski definition) is 4. The molecule has 1 atom stereocenters. The third-order valence-corrected chi connectivity index (χ3v) is 7.32. The van der Waals surface area contributed by atoms with Crippen LogP contribution in [0.1, 0.15) is 45.1 Å². The fourth-order valence-corrected chi connectivity index (χ4v) is 5.87. The predicted octanol–water partition coefficient (Wildman–Crippen LogP) is 5.46. The third-order valence-electron chi connectivity index (χ3n) is 6.17. The molecule has 4 heteroatoms. The van der Waals surface area contributed by atoms with Crippen LogP contribution in [0.15, 0.2) is 47.3 Å². The van der Waals surface area contributed by atoms with E-state index in [1.54, 1.807) is 11.3 Å². The van der Waals surface area contributed by atoms with Gasteiger partial charge in [-0.25, -0.2) is 0 Å². The van der Waals surface area contributed by atoms with Gasteiger partial charge < -0.3 is 0 Å². The lowest BCUT2D eigenvalue weighted by Gasteiger charge is -2.43. The summed E-state index contributed by atoms with van der Waals surface area (Å²) >= 11 is 1.72. The summed E-state index contributed by atoms with van der Waals surface area (Å²) < 4.78 is 2.17. The van der Waals surface area contributed by atoms with Crippen LogP contribution in [0.4, 0.5) is 0 Å². The molecule has 2 aliphatic rings. The lowest BCUT2D eigenvalue weighted by molar-refractivity contribution is -0.000324. The zero-order chi connectivity index (χ0) is 18.2. The first-order valence-electron chi connectivity index (χ1n) is 10.2. The Balaban J connectivity index is 0.00000192. The van der Waals surface area contributed by atoms with Crippen LogP contribution in [0.5, 0.6) is 0 Å². The van der Waals surface area contributed by atoms with Crippen LogP contribution in [0.2, 0.25) is 0 Å². The molecule has 2 saturated heterocycles. The number of hydrogen-bond donors (Lipinski definition) is 0. The van der Waals surface area contributed by atoms with Crippen LogP contribution in [0.3, 0.4) is 0 Å². The van der Waals surface area contributed by atoms with Crippen molar-refractivity contribution in [3.63, 3.8) is 0 Å². The van der Waals surface area contributed by atoms with E-state index in [1.165, 1.54) is 57.3 Å². The Morgan fingerprint density at radius 1 is 0.893 bits per heavy atom. The lowest BCUT2D eigenvalue weighted by Crippen LogP contribution is -2.52. The SMILES string of the molecule is C.O=c1c2ccccc2sc2ccc(CN3CCCN4CCCCCC43)cc12. The number of nitrogens with zero attached hydrogens (tertiary/aromatic N) is 2. The summed E-state index contributed by atoms with van der Waals surface area (Å²) in [6.07, 6.45) is 7.17. The summed E-state index contributed by atoms with van der Waals surface area (Å²) in [5.74, 6) is 0. The molecule has 0 bridgehead atoms. The maximum atomic E-state index is 13.0. The van der Waals surface area contributed by atoms with Gasteiger partial charge in [-0.1, -0.05) is 38.5 Å². The second-order valence-electron chi connectivity index (χ2n) is 7.95. The van der Waals surface area contributed by atoms with Crippen molar-refractivity contribution in [3.8, 4) is 0 Å². The Labute approximate surface area is 171 Å². The molecule has 3 aromatic rings. The molecule has 0 radical (unpaired) electrons. The Kier molecular flexibility index (Phi) is 5.81. The van der Waals surface area contributed by atoms with Gasteiger partial charge in [0.05, 0.1) is 6.17 Å². The molecule has 28 heavy (non-hydrogen) atoms. The number of fused-ring (bicyclic) bond motifs is 3. The molecular weight excluding hydrogens is 364 g/mol. The van der Waals surface area contributed by atoms with Crippen LogP contribution < -0.4 is 5.43 Å². The van der Waals surface area contributed by atoms with Crippen LogP contribution in [-0.4, -0.2) is 35.6 Å². The van der Waals surface area contributed by atoms with E-state index in [0.717, 1.165) is 26.7 Å². The highest BCUT2D eigenvalue weighted by molar-refractivity contribution is 7.24. The molecule has 2 aliphatic heterocycles. The highest BCUT2D eigenvalue weighted by Crippen LogP contribution is 2.28. The van der Waals surface area contributed by atoms with Crippen molar-refractivity contribution in [2.24, 2.45) is 0 Å². The van der Waals surface area contributed by atoms with E-state index in [9.17, 15) is 4.79 Å². The first-order chi connectivity index (χ1) is 13.3. The summed E-state index contributed by atoms with van der Waals surface area (Å²) in [6.45, 7) is 4.62. The predicted molar refractivity (Wildman–Crippen MR) is 121 cm³/mol. The molecule has 0 aliphatic carbocycles. The molecule has 3 heterocycles. The summed E-state index contributed by atoms with van der Waals surface area (Å²) in [4.78, 5) is 18.3. The molecule has 3 nitrogen and oxygen atoms in total. The normalized spacial score (nSPS) is 21.2. The van der Waals surface area contributed by atoms with Crippen molar-refractivity contribution >= 4 is 31.5 Å². The van der Waals surface area contributed by atoms with Crippen molar-refractivity contribution in [2.75, 3.05) is 19.6 Å². The van der Waals surface area contributed by atoms with Crippen LogP contribution in [-0.2, 0) is 6.54 Å². The molecule has 2 aromatic carbocycles. The molecule has 0 spiro atoms. The van der Waals surface area contributed by atoms with Gasteiger partial charge in [0.25, 0.3) is 0 Å². The molecule has 1 unspecified atom stereocenters. The van der Waals surface area contributed by atoms with Crippen molar-refractivity contribution in [2.45, 2.75) is 52.2 Å². The molecule has 5 rings (SSSR count). The number of benzene rings is 2. The van der Waals surface area contributed by atoms with E-state index < -0.39 is 0 Å². The first kappa shape index (κ1) is 19.6. The summed E-state index contributed by atoms with van der Waals surface area (Å²) in [7, 11) is 0. The summed E-state index contributed by atoms with van der Waals surface area (Å²) in [6, 6.07) is 14.5. The highest BCUT2D eigenvalue weighted by Gasteiger charge is 2.29. The van der Waals surface area contributed by atoms with E-state index in [-0.39, 0.29) is 12.9 Å². The molecule has 148 valence electrons. The fourth-order valence-electron chi connectivity index (χ4n) is 4.82. The average Bonchev–Trinajstić information content (AvgIpc) is 2.95. The van der Waals surface area contributed by atoms with E-state index in [1.807, 2.05) is 24.3 Å². The Morgan fingerprint density at radius 2 is 1.71 bits per heavy atom. The Hall–Kier alpha value is -1.75. The Morgan fingerprint density at radius 3 is 2.64 bits per heavy atom. The molecule has 1 aromatic heterocycles. The molecule has 0 N–H and O–H groups in total. The fraction of sp³-hybridized carbons (Fsp3) is 0.458. The van der Waals surface area contributed by atoms with Crippen molar-refractivity contribution < 1.29 is 0 Å². The molecular formula is C24H30N2OS. The minimum absolute atomic E-state index is 0. The minimum Gasteiger partial charge on any atom is -0.289 e. The van der Waals surface area contributed by atoms with Crippen molar-refractivity contribution in [1.82, 2.24) is 9.80 Å². The van der Waals surface area contributed by atoms with E-state index in [4.69, 9.17) is 0 Å². The lowest BCUT2D eigenvalue weighted by atomic mass is 10.1. The van der Waals surface area contributed by atoms with Crippen LogP contribution in [0, 0.1) is 0 Å². The van der Waals surface area contributed by atoms with Gasteiger partial charge in [-0.05, 0) is 55.6 Å². The summed E-state index contributed by atoms with van der Waals surface area (Å²) in [5, 5.41) is 1.73. The monoisotopic (exact) mass is 394 g/mol. The third kappa shape index (κ3) is 3.61. The standard InChI is InChI=1S/C23H26N2OS.CH4/c26-23-18-7-3-4-8-20(18)27-21-11-10-17(15-19(21)23)16-25-14-6-13-24-12-5-1-2-9-22(24)25;/h3-4,7-8,10-11,15,22H,1-2,5-6,9,12-14,16H2;1H4. The minimum atomic E-state index is 0. The second kappa shape index (κ2) is 8.32. The zero-order valence-corrected chi connectivity index (χ0v) is 16.5. The van der Waals surface area contributed by atoms with Crippen molar-refractivity contribution in [3.05, 3.63) is 58.3 Å². The first-order valence-corrected chi connectivity index (χ1v) is 11.0. The smallest absolute Gasteiger partial charge is 0.195 e. The maximum absolute atomic E-state index is 13.0. The second-order valence-corrected chi connectivity index (χ2v) is 9.03. The van der Waals surface area contributed by atoms with E-state index in [0.29, 0.717) is 6.17 Å². The molecule has 2 fully saturated rings. The number of rotatable bonds is 2. The Bertz CT molecular complexity index is 1030. The van der Waals surface area contributed by atoms with Gasteiger partial charge in [0.2, 0.25) is 0 Å². The average molecular weight is 395 g/mol. The highest BCUT2D eigenvalue weighted by atomic mass is 32.1. The van der Waals surface area contributed by atoms with Gasteiger partial charge in [-0.3, -0.25) is 14.6 Å². The van der Waals surface area contributed by atoms with Gasteiger partial charge in [-0.2, -0.15) is 0 Å². The van der Waals surface area contributed by atoms with Gasteiger partial charge in [-0.15, -0.1) is 11.3 Å². The van der Waals surface area contributed by atoms with Gasteiger partial charge in [0, 0.05) is 39.8 Å². The van der Waals surface area contributed by atoms with E-state index in [2.05, 4.69) is 28.0 Å². The van der Waals surface area contributed by atoms with Crippen LogP contribution >= 0.6 is 11.3 Å². The maximum Gasteiger partial charge on any atom is 0.195 e. The van der Waals surface area contributed by atoms with Gasteiger partial charge in [0.1, 0.15) is 0 Å². The van der Waals surface area contributed by atoms with Gasteiger partial charge in [0.15, 0.2) is 5.43 Å². The zero-order valence-electron chi connectivity index (χ0n) is 15.7.